The fourth-order valence-corrected chi connectivity index (χ4v) is 4.50. The molecule has 0 saturated heterocycles. The highest BCUT2D eigenvalue weighted by Crippen LogP contribution is 2.63. The summed E-state index contributed by atoms with van der Waals surface area (Å²) in [4.78, 5) is 12.7. The van der Waals surface area contributed by atoms with Crippen molar-refractivity contribution in [3.8, 4) is 17.2 Å². The van der Waals surface area contributed by atoms with Gasteiger partial charge in [0.2, 0.25) is 5.75 Å². The van der Waals surface area contributed by atoms with Crippen LogP contribution in [0.5, 0.6) is 17.2 Å². The number of ether oxygens (including phenoxy) is 4. The molecule has 0 bridgehead atoms. The Labute approximate surface area is 154 Å². The lowest BCUT2D eigenvalue weighted by Gasteiger charge is -2.27. The molecule has 1 unspecified atom stereocenters. The Balaban J connectivity index is 3.67. The van der Waals surface area contributed by atoms with E-state index in [9.17, 15) is 9.36 Å². The molecule has 1 aromatic rings. The van der Waals surface area contributed by atoms with Gasteiger partial charge in [0.1, 0.15) is 0 Å². The van der Waals surface area contributed by atoms with Crippen molar-refractivity contribution in [1.29, 1.82) is 0 Å². The number of benzene rings is 1. The van der Waals surface area contributed by atoms with E-state index in [-0.39, 0.29) is 36.9 Å². The third kappa shape index (κ3) is 4.69. The van der Waals surface area contributed by atoms with E-state index in [0.29, 0.717) is 5.75 Å². The first-order chi connectivity index (χ1) is 12.4. The molecular weight excluding hydrogens is 363 g/mol. The Morgan fingerprint density at radius 3 is 1.92 bits per heavy atom. The van der Waals surface area contributed by atoms with Gasteiger partial charge in [0.25, 0.3) is 0 Å². The van der Waals surface area contributed by atoms with Crippen LogP contribution in [0.1, 0.15) is 32.0 Å². The van der Waals surface area contributed by atoms with Gasteiger partial charge in [0.15, 0.2) is 17.2 Å². The molecular formula is C17H27O8P. The number of hydrogen-bond acceptors (Lipinski definition) is 8. The highest BCUT2D eigenvalue weighted by atomic mass is 31.2. The largest absolute Gasteiger partial charge is 0.493 e. The molecule has 148 valence electrons. The maximum absolute atomic E-state index is 13.4. The summed E-state index contributed by atoms with van der Waals surface area (Å²) in [6.45, 7) is 5.31. The van der Waals surface area contributed by atoms with Gasteiger partial charge in [-0.1, -0.05) is 0 Å². The zero-order valence-electron chi connectivity index (χ0n) is 16.1. The second-order valence-electron chi connectivity index (χ2n) is 4.95. The van der Waals surface area contributed by atoms with Crippen molar-refractivity contribution >= 4 is 13.6 Å². The molecule has 26 heavy (non-hydrogen) atoms. The van der Waals surface area contributed by atoms with Gasteiger partial charge in [-0.25, -0.2) is 0 Å². The van der Waals surface area contributed by atoms with Crippen LogP contribution in [0.4, 0.5) is 0 Å². The fourth-order valence-electron chi connectivity index (χ4n) is 2.53. The number of rotatable bonds is 11. The molecule has 0 fully saturated rings. The zero-order chi connectivity index (χ0) is 19.7. The average Bonchev–Trinajstić information content (AvgIpc) is 2.61. The molecule has 1 aromatic carbocycles. The third-order valence-corrected chi connectivity index (χ3v) is 5.83. The summed E-state index contributed by atoms with van der Waals surface area (Å²) in [5, 5.41) is 0. The molecule has 0 aliphatic heterocycles. The Hall–Kier alpha value is -1.76. The quantitative estimate of drug-likeness (QED) is 0.418. The summed E-state index contributed by atoms with van der Waals surface area (Å²) < 4.78 is 45.3. The normalized spacial score (nSPS) is 12.4. The standard InChI is InChI=1S/C17H27O8P/c1-7-23-17(18)16(26(19,24-8-2)25-9-3)12-10-11-13(20-4)15(22-6)14(12)21-5/h10-11,16H,7-9H2,1-6H3. The molecule has 9 heteroatoms. The van der Waals surface area contributed by atoms with Gasteiger partial charge in [0, 0.05) is 5.56 Å². The van der Waals surface area contributed by atoms with E-state index < -0.39 is 19.2 Å². The molecule has 0 aliphatic carbocycles. The summed E-state index contributed by atoms with van der Waals surface area (Å²) in [7, 11) is 0.446. The zero-order valence-corrected chi connectivity index (χ0v) is 17.0. The predicted molar refractivity (Wildman–Crippen MR) is 96.3 cm³/mol. The van der Waals surface area contributed by atoms with Crippen LogP contribution in [0.25, 0.3) is 0 Å². The average molecular weight is 390 g/mol. The second-order valence-corrected chi connectivity index (χ2v) is 7.07. The first kappa shape index (κ1) is 22.3. The summed E-state index contributed by atoms with van der Waals surface area (Å²) >= 11 is 0. The van der Waals surface area contributed by atoms with Gasteiger partial charge >= 0.3 is 13.6 Å². The molecule has 0 spiro atoms. The third-order valence-electron chi connectivity index (χ3n) is 3.47. The Morgan fingerprint density at radius 2 is 1.50 bits per heavy atom. The van der Waals surface area contributed by atoms with E-state index in [2.05, 4.69) is 0 Å². The molecule has 0 aromatic heterocycles. The Kier molecular flexibility index (Phi) is 8.92. The van der Waals surface area contributed by atoms with Crippen LogP contribution in [0.3, 0.4) is 0 Å². The van der Waals surface area contributed by atoms with Crippen LogP contribution < -0.4 is 14.2 Å². The molecule has 8 nitrogen and oxygen atoms in total. The lowest BCUT2D eigenvalue weighted by molar-refractivity contribution is -0.143. The van der Waals surface area contributed by atoms with Crippen molar-refractivity contribution in [3.63, 3.8) is 0 Å². The molecule has 0 radical (unpaired) electrons. The lowest BCUT2D eigenvalue weighted by atomic mass is 10.1. The van der Waals surface area contributed by atoms with E-state index in [4.69, 9.17) is 28.0 Å². The highest BCUT2D eigenvalue weighted by Gasteiger charge is 2.46. The van der Waals surface area contributed by atoms with Crippen molar-refractivity contribution < 1.29 is 37.4 Å². The number of carbonyl (C=O) groups is 1. The van der Waals surface area contributed by atoms with Crippen molar-refractivity contribution in [2.75, 3.05) is 41.2 Å². The SMILES string of the molecule is CCOC(=O)C(c1ccc(OC)c(OC)c1OC)P(=O)(OCC)OCC. The van der Waals surface area contributed by atoms with Crippen LogP contribution in [-0.2, 0) is 23.1 Å². The molecule has 0 heterocycles. The summed E-state index contributed by atoms with van der Waals surface area (Å²) in [6.07, 6.45) is 0. The van der Waals surface area contributed by atoms with Crippen molar-refractivity contribution in [2.24, 2.45) is 0 Å². The van der Waals surface area contributed by atoms with E-state index in [1.54, 1.807) is 32.9 Å². The predicted octanol–water partition coefficient (Wildman–Crippen LogP) is 3.58. The summed E-state index contributed by atoms with van der Waals surface area (Å²) in [6, 6.07) is 3.15. The fraction of sp³-hybridized carbons (Fsp3) is 0.588. The number of esters is 1. The monoisotopic (exact) mass is 390 g/mol. The van der Waals surface area contributed by atoms with Gasteiger partial charge in [0.05, 0.1) is 41.2 Å². The summed E-state index contributed by atoms with van der Waals surface area (Å²) in [5.74, 6) is 0.132. The lowest BCUT2D eigenvalue weighted by Crippen LogP contribution is -2.20. The smallest absolute Gasteiger partial charge is 0.349 e. The minimum absolute atomic E-state index is 0.1000. The van der Waals surface area contributed by atoms with Crippen LogP contribution in [0.15, 0.2) is 12.1 Å². The van der Waals surface area contributed by atoms with E-state index in [1.165, 1.54) is 21.3 Å². The maximum Gasteiger partial charge on any atom is 0.349 e. The molecule has 0 N–H and O–H groups in total. The van der Waals surface area contributed by atoms with Crippen LogP contribution in [0, 0.1) is 0 Å². The second kappa shape index (κ2) is 10.4. The first-order valence-corrected chi connectivity index (χ1v) is 9.89. The van der Waals surface area contributed by atoms with Gasteiger partial charge in [-0.3, -0.25) is 9.36 Å². The molecule has 0 saturated carbocycles. The molecule has 1 atom stereocenters. The Bertz CT molecular complexity index is 636. The van der Waals surface area contributed by atoms with Crippen LogP contribution in [0.2, 0.25) is 0 Å². The first-order valence-electron chi connectivity index (χ1n) is 8.28. The van der Waals surface area contributed by atoms with Crippen LogP contribution in [-0.4, -0.2) is 47.1 Å². The maximum atomic E-state index is 13.4. The van der Waals surface area contributed by atoms with Gasteiger partial charge in [-0.15, -0.1) is 0 Å². The van der Waals surface area contributed by atoms with Gasteiger partial charge in [-0.05, 0) is 32.9 Å². The number of carbonyl (C=O) groups excluding carboxylic acids is 1. The van der Waals surface area contributed by atoms with Crippen molar-refractivity contribution in [3.05, 3.63) is 17.7 Å². The number of methoxy groups -OCH3 is 3. The minimum atomic E-state index is -3.88. The molecule has 0 aliphatic rings. The molecule has 0 amide bonds. The summed E-state index contributed by atoms with van der Waals surface area (Å²) in [5.41, 5.74) is -1.05. The topological polar surface area (TPSA) is 89.5 Å². The van der Waals surface area contributed by atoms with Crippen molar-refractivity contribution in [2.45, 2.75) is 26.4 Å². The van der Waals surface area contributed by atoms with E-state index in [1.807, 2.05) is 0 Å². The highest BCUT2D eigenvalue weighted by molar-refractivity contribution is 7.55. The van der Waals surface area contributed by atoms with E-state index in [0.717, 1.165) is 0 Å². The van der Waals surface area contributed by atoms with Crippen molar-refractivity contribution in [1.82, 2.24) is 0 Å². The van der Waals surface area contributed by atoms with E-state index >= 15 is 0 Å². The van der Waals surface area contributed by atoms with Gasteiger partial charge < -0.3 is 28.0 Å². The Morgan fingerprint density at radius 1 is 0.923 bits per heavy atom. The minimum Gasteiger partial charge on any atom is -0.493 e. The van der Waals surface area contributed by atoms with Gasteiger partial charge in [-0.2, -0.15) is 0 Å². The molecule has 1 rings (SSSR count). The van der Waals surface area contributed by atoms with Crippen LogP contribution >= 0.6 is 7.60 Å². The number of hydrogen-bond donors (Lipinski definition) is 0.